The van der Waals surface area contributed by atoms with Crippen molar-refractivity contribution in [1.29, 1.82) is 0 Å². The number of aryl methyl sites for hydroxylation is 1. The van der Waals surface area contributed by atoms with Crippen molar-refractivity contribution in [1.82, 2.24) is 9.88 Å². The predicted molar refractivity (Wildman–Crippen MR) is 112 cm³/mol. The Morgan fingerprint density at radius 1 is 1.11 bits per heavy atom. The summed E-state index contributed by atoms with van der Waals surface area (Å²) in [7, 11) is 0. The van der Waals surface area contributed by atoms with Gasteiger partial charge in [0.25, 0.3) is 5.82 Å². The van der Waals surface area contributed by atoms with E-state index in [0.717, 1.165) is 5.82 Å². The molecule has 1 atom stereocenters. The van der Waals surface area contributed by atoms with Gasteiger partial charge in [-0.15, -0.1) is 0 Å². The number of aromatic nitrogens is 2. The summed E-state index contributed by atoms with van der Waals surface area (Å²) >= 11 is 0. The van der Waals surface area contributed by atoms with E-state index in [9.17, 15) is 0 Å². The van der Waals surface area contributed by atoms with E-state index in [4.69, 9.17) is 0 Å². The van der Waals surface area contributed by atoms with Crippen LogP contribution in [0.4, 0.5) is 5.69 Å². The zero-order valence-electron chi connectivity index (χ0n) is 18.0. The molecule has 4 heteroatoms. The van der Waals surface area contributed by atoms with Gasteiger partial charge in [-0.05, 0) is 50.8 Å². The van der Waals surface area contributed by atoms with Crippen LogP contribution >= 0.6 is 0 Å². The summed E-state index contributed by atoms with van der Waals surface area (Å²) < 4.78 is 2.19. The number of hydrogen-bond donors (Lipinski definition) is 0. The van der Waals surface area contributed by atoms with Crippen molar-refractivity contribution in [2.24, 2.45) is 0 Å². The van der Waals surface area contributed by atoms with Gasteiger partial charge in [-0.25, -0.2) is 4.57 Å². The number of hydrogen-bond acceptors (Lipinski definition) is 3. The van der Waals surface area contributed by atoms with Crippen LogP contribution in [0.1, 0.15) is 58.5 Å². The van der Waals surface area contributed by atoms with E-state index in [1.807, 2.05) is 12.3 Å². The molecule has 0 bridgehead atoms. The zero-order chi connectivity index (χ0) is 19.9. The van der Waals surface area contributed by atoms with Crippen LogP contribution in [-0.2, 0) is 5.41 Å². The molecule has 1 aromatic heterocycles. The summed E-state index contributed by atoms with van der Waals surface area (Å²) in [4.78, 5) is 9.28. The zero-order valence-corrected chi connectivity index (χ0v) is 18.0. The third-order valence-electron chi connectivity index (χ3n) is 5.52. The fraction of sp³-hybridized carbons (Fsp3) is 0.478. The van der Waals surface area contributed by atoms with Gasteiger partial charge in [0.05, 0.1) is 0 Å². The number of benzene rings is 1. The van der Waals surface area contributed by atoms with Gasteiger partial charge in [0.2, 0.25) is 0 Å². The smallest absolute Gasteiger partial charge is 0.300 e. The highest BCUT2D eigenvalue weighted by molar-refractivity contribution is 5.64. The van der Waals surface area contributed by atoms with Gasteiger partial charge in [-0.2, -0.15) is 0 Å². The number of rotatable bonds is 3. The normalized spacial score (nSPS) is 17.3. The summed E-state index contributed by atoms with van der Waals surface area (Å²) in [5, 5.41) is 0. The van der Waals surface area contributed by atoms with E-state index in [2.05, 4.69) is 105 Å². The molecule has 3 rings (SSSR count). The molecule has 0 saturated heterocycles. The maximum Gasteiger partial charge on any atom is 0.300 e. The van der Waals surface area contributed by atoms with Crippen molar-refractivity contribution in [3.05, 3.63) is 59.9 Å². The molecule has 0 fully saturated rings. The Hall–Kier alpha value is -2.36. The molecule has 0 N–H and O–H groups in total. The second kappa shape index (κ2) is 6.99. The van der Waals surface area contributed by atoms with Crippen LogP contribution in [0.3, 0.4) is 0 Å². The highest BCUT2D eigenvalue weighted by atomic mass is 15.4. The molecule has 1 aliphatic heterocycles. The van der Waals surface area contributed by atoms with Crippen LogP contribution in [0.25, 0.3) is 5.69 Å². The maximum atomic E-state index is 4.49. The molecular formula is C23H33N4+. The van der Waals surface area contributed by atoms with Gasteiger partial charge in [-0.3, -0.25) is 0 Å². The van der Waals surface area contributed by atoms with Crippen LogP contribution in [0.15, 0.2) is 43.0 Å². The monoisotopic (exact) mass is 365 g/mol. The van der Waals surface area contributed by atoms with Gasteiger partial charge in [0, 0.05) is 42.7 Å². The first-order chi connectivity index (χ1) is 12.6. The number of nitrogens with zero attached hydrogens (tertiary/aromatic N) is 4. The summed E-state index contributed by atoms with van der Waals surface area (Å²) in [6, 6.07) is 7.14. The molecule has 0 saturated carbocycles. The summed E-state index contributed by atoms with van der Waals surface area (Å²) in [6.07, 6.45) is 8.67. The fourth-order valence-electron chi connectivity index (χ4n) is 3.76. The van der Waals surface area contributed by atoms with Gasteiger partial charge in [0.15, 0.2) is 0 Å². The first kappa shape index (κ1) is 19.4. The average Bonchev–Trinajstić information content (AvgIpc) is 2.96. The lowest BCUT2D eigenvalue weighted by Crippen LogP contribution is -2.41. The lowest BCUT2D eigenvalue weighted by molar-refractivity contribution is -0.606. The van der Waals surface area contributed by atoms with Crippen molar-refractivity contribution in [2.75, 3.05) is 4.90 Å². The SMILES string of the molecule is Cc1c(N2C=CN(C(C)C)[C@H]2C)cc(C(C)(C)C)cc1-[n+]1cccnc1C. The highest BCUT2D eigenvalue weighted by Crippen LogP contribution is 2.35. The minimum atomic E-state index is 0.0677. The molecule has 1 aromatic carbocycles. The first-order valence-corrected chi connectivity index (χ1v) is 9.84. The molecule has 0 radical (unpaired) electrons. The van der Waals surface area contributed by atoms with E-state index in [1.165, 1.54) is 22.5 Å². The van der Waals surface area contributed by atoms with Crippen molar-refractivity contribution in [2.45, 2.75) is 73.0 Å². The summed E-state index contributed by atoms with van der Waals surface area (Å²) in [5.41, 5.74) is 5.13. The molecule has 2 heterocycles. The van der Waals surface area contributed by atoms with Crippen LogP contribution in [0.2, 0.25) is 0 Å². The Labute approximate surface area is 164 Å². The lowest BCUT2D eigenvalue weighted by atomic mass is 9.85. The molecule has 144 valence electrons. The fourth-order valence-corrected chi connectivity index (χ4v) is 3.76. The minimum Gasteiger partial charge on any atom is -0.353 e. The Kier molecular flexibility index (Phi) is 5.02. The number of anilines is 1. The predicted octanol–water partition coefficient (Wildman–Crippen LogP) is 4.62. The molecule has 0 amide bonds. The van der Waals surface area contributed by atoms with Gasteiger partial charge in [0.1, 0.15) is 24.2 Å². The standard InChI is InChI=1S/C23H33N4/c1-16(2)25-12-13-27(19(25)5)22-15-20(23(6,7)8)14-21(17(22)3)26-11-9-10-24-18(26)4/h9-16,19H,1-8H3/q+1/t19-/m1/s1. The molecule has 0 unspecified atom stereocenters. The average molecular weight is 366 g/mol. The Morgan fingerprint density at radius 2 is 1.81 bits per heavy atom. The highest BCUT2D eigenvalue weighted by Gasteiger charge is 2.29. The van der Waals surface area contributed by atoms with Crippen molar-refractivity contribution >= 4 is 5.69 Å². The molecule has 1 aliphatic rings. The second-order valence-electron chi connectivity index (χ2n) is 8.80. The third-order valence-corrected chi connectivity index (χ3v) is 5.52. The topological polar surface area (TPSA) is 23.2 Å². The van der Waals surface area contributed by atoms with E-state index in [0.29, 0.717) is 12.2 Å². The van der Waals surface area contributed by atoms with Crippen molar-refractivity contribution in [3.8, 4) is 5.69 Å². The molecule has 2 aromatic rings. The van der Waals surface area contributed by atoms with Crippen LogP contribution in [-0.4, -0.2) is 22.1 Å². The van der Waals surface area contributed by atoms with Gasteiger partial charge < -0.3 is 9.80 Å². The van der Waals surface area contributed by atoms with E-state index in [-0.39, 0.29) is 5.41 Å². The van der Waals surface area contributed by atoms with Crippen molar-refractivity contribution < 1.29 is 4.57 Å². The quantitative estimate of drug-likeness (QED) is 0.742. The molecule has 27 heavy (non-hydrogen) atoms. The molecular weight excluding hydrogens is 332 g/mol. The third kappa shape index (κ3) is 3.58. The largest absolute Gasteiger partial charge is 0.353 e. The molecule has 4 nitrogen and oxygen atoms in total. The Morgan fingerprint density at radius 3 is 2.37 bits per heavy atom. The van der Waals surface area contributed by atoms with E-state index < -0.39 is 0 Å². The summed E-state index contributed by atoms with van der Waals surface area (Å²) in [6.45, 7) is 17.8. The van der Waals surface area contributed by atoms with Gasteiger partial charge >= 0.3 is 0 Å². The Bertz CT molecular complexity index is 861. The van der Waals surface area contributed by atoms with E-state index >= 15 is 0 Å². The van der Waals surface area contributed by atoms with Crippen molar-refractivity contribution in [3.63, 3.8) is 0 Å². The molecule has 0 spiro atoms. The molecule has 0 aliphatic carbocycles. The summed E-state index contributed by atoms with van der Waals surface area (Å²) in [5.74, 6) is 0.992. The van der Waals surface area contributed by atoms with Crippen LogP contribution < -0.4 is 9.47 Å². The maximum absolute atomic E-state index is 4.49. The van der Waals surface area contributed by atoms with Gasteiger partial charge in [-0.1, -0.05) is 25.8 Å². The minimum absolute atomic E-state index is 0.0677. The Balaban J connectivity index is 2.19. The second-order valence-corrected chi connectivity index (χ2v) is 8.80. The lowest BCUT2D eigenvalue weighted by Gasteiger charge is -2.34. The van der Waals surface area contributed by atoms with Crippen LogP contribution in [0.5, 0.6) is 0 Å². The first-order valence-electron chi connectivity index (χ1n) is 9.84. The van der Waals surface area contributed by atoms with Crippen LogP contribution in [0, 0.1) is 13.8 Å². The van der Waals surface area contributed by atoms with E-state index in [1.54, 1.807) is 0 Å².